The van der Waals surface area contributed by atoms with Crippen molar-refractivity contribution in [1.29, 1.82) is 0 Å². The molecule has 0 aliphatic rings. The first-order chi connectivity index (χ1) is 11.8. The maximum atomic E-state index is 5.98. The highest BCUT2D eigenvalue weighted by Crippen LogP contribution is 2.33. The van der Waals surface area contributed by atoms with Gasteiger partial charge in [0.25, 0.3) is 0 Å². The first-order valence-electron chi connectivity index (χ1n) is 7.74. The fourth-order valence-electron chi connectivity index (χ4n) is 3.21. The van der Waals surface area contributed by atoms with Gasteiger partial charge in [-0.05, 0) is 35.0 Å². The second kappa shape index (κ2) is 5.05. The molecular weight excluding hydrogens is 318 g/mol. The Morgan fingerprint density at radius 2 is 1.04 bits per heavy atom. The minimum Gasteiger partial charge on any atom is -0.150 e. The summed E-state index contributed by atoms with van der Waals surface area (Å²) < 4.78 is 0. The number of benzene rings is 4. The van der Waals surface area contributed by atoms with Gasteiger partial charge >= 0.3 is 0 Å². The molecule has 5 aromatic rings. The molecule has 0 aliphatic carbocycles. The average molecular weight is 330 g/mol. The normalized spacial score (nSPS) is 11.5. The second-order valence-electron chi connectivity index (χ2n) is 5.75. The van der Waals surface area contributed by atoms with Crippen molar-refractivity contribution in [3.05, 3.63) is 77.8 Å². The summed E-state index contributed by atoms with van der Waals surface area (Å²) in [6, 6.07) is 24.2. The van der Waals surface area contributed by atoms with Crippen LogP contribution in [0.4, 0.5) is 0 Å². The van der Waals surface area contributed by atoms with Crippen molar-refractivity contribution < 1.29 is 0 Å². The maximum Gasteiger partial charge on any atom is 0.122 e. The standard InChI is InChI=1S/C20H12ClN3/c21-13-9-11-14(12-10-13)24-22-19-17-7-3-1-5-15(17)16-6-2-4-8-18(16)20(19)23-24/h1-12H. The minimum absolute atomic E-state index is 0.700. The van der Waals surface area contributed by atoms with Gasteiger partial charge in [-0.3, -0.25) is 0 Å². The molecule has 24 heavy (non-hydrogen) atoms. The predicted molar refractivity (Wildman–Crippen MR) is 98.9 cm³/mol. The first-order valence-corrected chi connectivity index (χ1v) is 8.11. The Labute approximate surface area is 143 Å². The molecule has 114 valence electrons. The number of halogens is 1. The van der Waals surface area contributed by atoms with Crippen LogP contribution in [0.2, 0.25) is 5.02 Å². The monoisotopic (exact) mass is 329 g/mol. The smallest absolute Gasteiger partial charge is 0.122 e. The molecule has 0 N–H and O–H groups in total. The molecule has 0 radical (unpaired) electrons. The molecule has 0 fully saturated rings. The molecule has 4 heteroatoms. The van der Waals surface area contributed by atoms with Crippen LogP contribution in [0, 0.1) is 0 Å². The molecule has 0 bridgehead atoms. The van der Waals surface area contributed by atoms with Crippen LogP contribution in [-0.4, -0.2) is 15.0 Å². The van der Waals surface area contributed by atoms with Gasteiger partial charge < -0.3 is 0 Å². The number of rotatable bonds is 1. The van der Waals surface area contributed by atoms with Gasteiger partial charge in [-0.25, -0.2) is 0 Å². The molecule has 0 amide bonds. The number of aromatic nitrogens is 3. The topological polar surface area (TPSA) is 30.7 Å². The molecular formula is C20H12ClN3. The van der Waals surface area contributed by atoms with E-state index in [1.54, 1.807) is 4.80 Å². The average Bonchev–Trinajstić information content (AvgIpc) is 3.08. The molecule has 0 unspecified atom stereocenters. The van der Waals surface area contributed by atoms with Gasteiger partial charge in [0.2, 0.25) is 0 Å². The summed E-state index contributed by atoms with van der Waals surface area (Å²) in [7, 11) is 0. The summed E-state index contributed by atoms with van der Waals surface area (Å²) in [5.41, 5.74) is 2.72. The quantitative estimate of drug-likeness (QED) is 0.386. The Morgan fingerprint density at radius 3 is 1.54 bits per heavy atom. The molecule has 0 saturated carbocycles. The number of hydrogen-bond donors (Lipinski definition) is 0. The van der Waals surface area contributed by atoms with Gasteiger partial charge in [-0.1, -0.05) is 60.1 Å². The van der Waals surface area contributed by atoms with Crippen LogP contribution in [0.5, 0.6) is 0 Å². The van der Waals surface area contributed by atoms with Crippen molar-refractivity contribution in [2.24, 2.45) is 0 Å². The minimum atomic E-state index is 0.700. The van der Waals surface area contributed by atoms with Gasteiger partial charge in [0.05, 0.1) is 5.69 Å². The van der Waals surface area contributed by atoms with Crippen molar-refractivity contribution in [3.8, 4) is 5.69 Å². The van der Waals surface area contributed by atoms with Crippen LogP contribution in [0.25, 0.3) is 38.3 Å². The fraction of sp³-hybridized carbons (Fsp3) is 0. The number of nitrogens with zero attached hydrogens (tertiary/aromatic N) is 3. The Morgan fingerprint density at radius 1 is 0.583 bits per heavy atom. The Bertz CT molecular complexity index is 1130. The summed E-state index contributed by atoms with van der Waals surface area (Å²) in [5.74, 6) is 0. The zero-order valence-electron chi connectivity index (χ0n) is 12.6. The van der Waals surface area contributed by atoms with Gasteiger partial charge in [0.15, 0.2) is 0 Å². The van der Waals surface area contributed by atoms with E-state index in [0.29, 0.717) is 5.02 Å². The maximum absolute atomic E-state index is 5.98. The first kappa shape index (κ1) is 13.5. The molecule has 0 atom stereocenters. The van der Waals surface area contributed by atoms with Crippen LogP contribution < -0.4 is 0 Å². The zero-order chi connectivity index (χ0) is 16.1. The molecule has 1 heterocycles. The lowest BCUT2D eigenvalue weighted by Crippen LogP contribution is -1.97. The lowest BCUT2D eigenvalue weighted by Gasteiger charge is -2.04. The van der Waals surface area contributed by atoms with Crippen LogP contribution in [0.3, 0.4) is 0 Å². The van der Waals surface area contributed by atoms with Crippen LogP contribution in [-0.2, 0) is 0 Å². The highest BCUT2D eigenvalue weighted by atomic mass is 35.5. The Kier molecular flexibility index (Phi) is 2.84. The van der Waals surface area contributed by atoms with Crippen molar-refractivity contribution in [3.63, 3.8) is 0 Å². The van der Waals surface area contributed by atoms with E-state index >= 15 is 0 Å². The van der Waals surface area contributed by atoms with Crippen LogP contribution >= 0.6 is 11.6 Å². The van der Waals surface area contributed by atoms with Gasteiger partial charge in [0, 0.05) is 15.8 Å². The molecule has 5 rings (SSSR count). The summed E-state index contributed by atoms with van der Waals surface area (Å²) in [5, 5.41) is 14.8. The molecule has 3 nitrogen and oxygen atoms in total. The van der Waals surface area contributed by atoms with E-state index in [9.17, 15) is 0 Å². The van der Waals surface area contributed by atoms with Gasteiger partial charge in [0.1, 0.15) is 11.0 Å². The van der Waals surface area contributed by atoms with E-state index in [1.165, 1.54) is 10.8 Å². The lowest BCUT2D eigenvalue weighted by molar-refractivity contribution is 0.767. The van der Waals surface area contributed by atoms with E-state index in [2.05, 4.69) is 36.4 Å². The van der Waals surface area contributed by atoms with Crippen LogP contribution in [0.1, 0.15) is 0 Å². The SMILES string of the molecule is Clc1ccc(-n2nc3c4ccccc4c4ccccc4c3n2)cc1. The fourth-order valence-corrected chi connectivity index (χ4v) is 3.33. The number of fused-ring (bicyclic) bond motifs is 6. The predicted octanol–water partition coefficient (Wildman–Crippen LogP) is 5.38. The second-order valence-corrected chi connectivity index (χ2v) is 6.19. The van der Waals surface area contributed by atoms with Crippen LogP contribution in [0.15, 0.2) is 72.8 Å². The molecule has 0 saturated heterocycles. The molecule has 0 aliphatic heterocycles. The van der Waals surface area contributed by atoms with Gasteiger partial charge in [-0.15, -0.1) is 10.2 Å². The molecule has 1 aromatic heterocycles. The Balaban J connectivity index is 1.93. The van der Waals surface area contributed by atoms with Crippen molar-refractivity contribution >= 4 is 44.2 Å². The summed E-state index contributed by atoms with van der Waals surface area (Å²) in [6.45, 7) is 0. The van der Waals surface area contributed by atoms with Crippen molar-refractivity contribution in [2.75, 3.05) is 0 Å². The summed E-state index contributed by atoms with van der Waals surface area (Å²) >= 11 is 5.98. The van der Waals surface area contributed by atoms with Crippen molar-refractivity contribution in [2.45, 2.75) is 0 Å². The summed E-state index contributed by atoms with van der Waals surface area (Å²) in [4.78, 5) is 1.68. The van der Waals surface area contributed by atoms with E-state index in [-0.39, 0.29) is 0 Å². The van der Waals surface area contributed by atoms with E-state index in [1.807, 2.05) is 36.4 Å². The highest BCUT2D eigenvalue weighted by Gasteiger charge is 2.13. The van der Waals surface area contributed by atoms with E-state index in [0.717, 1.165) is 27.5 Å². The van der Waals surface area contributed by atoms with E-state index < -0.39 is 0 Å². The lowest BCUT2D eigenvalue weighted by atomic mass is 10.0. The third kappa shape index (κ3) is 1.92. The van der Waals surface area contributed by atoms with Gasteiger partial charge in [-0.2, -0.15) is 4.80 Å². The largest absolute Gasteiger partial charge is 0.150 e. The third-order valence-corrected chi connectivity index (χ3v) is 4.58. The molecule has 4 aromatic carbocycles. The van der Waals surface area contributed by atoms with E-state index in [4.69, 9.17) is 21.8 Å². The summed E-state index contributed by atoms with van der Waals surface area (Å²) in [6.07, 6.45) is 0. The number of hydrogen-bond acceptors (Lipinski definition) is 2. The third-order valence-electron chi connectivity index (χ3n) is 4.33. The van der Waals surface area contributed by atoms with Crippen molar-refractivity contribution in [1.82, 2.24) is 15.0 Å². The Hall–Kier alpha value is -2.91. The molecule has 0 spiro atoms. The highest BCUT2D eigenvalue weighted by molar-refractivity contribution is 6.30. The zero-order valence-corrected chi connectivity index (χ0v) is 13.4.